The molecule has 0 aliphatic rings. The topological polar surface area (TPSA) is 100 Å². The first-order valence-corrected chi connectivity index (χ1v) is 7.43. The second-order valence-corrected chi connectivity index (χ2v) is 5.73. The number of pyridine rings is 2. The van der Waals surface area contributed by atoms with E-state index in [-0.39, 0.29) is 42.1 Å². The Kier molecular flexibility index (Phi) is 7.20. The number of carboxylic acid groups (broad SMARTS) is 2. The molecule has 2 aromatic rings. The van der Waals surface area contributed by atoms with Crippen LogP contribution in [0.15, 0.2) is 46.7 Å². The molecule has 0 fully saturated rings. The Morgan fingerprint density at radius 3 is 1.62 bits per heavy atom. The molecule has 0 radical (unpaired) electrons. The van der Waals surface area contributed by atoms with E-state index >= 15 is 0 Å². The minimum atomic E-state index is -1.07. The third-order valence-corrected chi connectivity index (χ3v) is 4.73. The van der Waals surface area contributed by atoms with E-state index in [9.17, 15) is 9.59 Å². The van der Waals surface area contributed by atoms with Crippen LogP contribution < -0.4 is 29.6 Å². The molecule has 0 spiro atoms. The molecule has 0 saturated carbocycles. The molecule has 0 aliphatic carbocycles. The second kappa shape index (κ2) is 8.40. The maximum atomic E-state index is 11.0. The second-order valence-electron chi connectivity index (χ2n) is 3.52. The summed E-state index contributed by atoms with van der Waals surface area (Å²) < 4.78 is 0. The molecule has 0 saturated heterocycles. The van der Waals surface area contributed by atoms with Crippen LogP contribution in [0.25, 0.3) is 0 Å². The zero-order valence-electron chi connectivity index (χ0n) is 11.9. The summed E-state index contributed by atoms with van der Waals surface area (Å²) in [5.74, 6) is -2.15. The molecular formula is C12H9N2NaO4S2. The molecule has 0 unspecified atom stereocenters. The summed E-state index contributed by atoms with van der Waals surface area (Å²) in [7, 11) is 2.33. The van der Waals surface area contributed by atoms with Gasteiger partial charge in [-0.3, -0.25) is 9.97 Å². The van der Waals surface area contributed by atoms with Gasteiger partial charge in [0, 0.05) is 34.6 Å². The molecule has 0 amide bonds. The van der Waals surface area contributed by atoms with E-state index < -0.39 is 11.9 Å². The molecule has 2 N–H and O–H groups in total. The van der Waals surface area contributed by atoms with E-state index in [0.29, 0.717) is 9.79 Å². The largest absolute Gasteiger partial charge is 1.00 e. The van der Waals surface area contributed by atoms with Crippen molar-refractivity contribution in [3.8, 4) is 0 Å². The van der Waals surface area contributed by atoms with Crippen molar-refractivity contribution < 1.29 is 50.8 Å². The first-order chi connectivity index (χ1) is 9.59. The Morgan fingerprint density at radius 2 is 1.29 bits per heavy atom. The number of carbonyl (C=O) groups is 2. The van der Waals surface area contributed by atoms with Crippen LogP contribution in [0.2, 0.25) is 0 Å². The smallest absolute Gasteiger partial charge is 1.00 e. The van der Waals surface area contributed by atoms with Crippen molar-refractivity contribution in [2.45, 2.75) is 9.79 Å². The minimum absolute atomic E-state index is 0. The number of aromatic carboxylic acids is 2. The first kappa shape index (κ1) is 18.0. The maximum Gasteiger partial charge on any atom is 1.00 e. The molecule has 2 rings (SSSR count). The van der Waals surface area contributed by atoms with Crippen molar-refractivity contribution in [1.82, 2.24) is 9.97 Å². The fraction of sp³-hybridized carbons (Fsp3) is 0. The van der Waals surface area contributed by atoms with Crippen molar-refractivity contribution >= 4 is 33.5 Å². The maximum absolute atomic E-state index is 11.0. The molecular weight excluding hydrogens is 323 g/mol. The number of hydrogen-bond donors (Lipinski definition) is 2. The molecule has 0 atom stereocenters. The summed E-state index contributed by atoms with van der Waals surface area (Å²) in [6.45, 7) is 0. The number of rotatable bonds is 5. The minimum Gasteiger partial charge on any atom is -1.00 e. The summed E-state index contributed by atoms with van der Waals surface area (Å²) in [6, 6.07) is 3.14. The van der Waals surface area contributed by atoms with Gasteiger partial charge in [-0.05, 0) is 12.1 Å². The molecule has 6 nitrogen and oxygen atoms in total. The summed E-state index contributed by atoms with van der Waals surface area (Å²) >= 11 is 0. The van der Waals surface area contributed by atoms with E-state index in [2.05, 4.69) is 9.97 Å². The normalized spacial score (nSPS) is 9.71. The predicted molar refractivity (Wildman–Crippen MR) is 75.2 cm³/mol. The van der Waals surface area contributed by atoms with Crippen LogP contribution in [0.4, 0.5) is 0 Å². The molecule has 2 heterocycles. The van der Waals surface area contributed by atoms with Gasteiger partial charge >= 0.3 is 41.5 Å². The van der Waals surface area contributed by atoms with Crippen molar-refractivity contribution in [2.24, 2.45) is 0 Å². The Labute approximate surface area is 151 Å². The SMILES string of the molecule is O=C(O)c1cnccc1SSc1ccncc1C(=O)O.[H-].[Na+]. The van der Waals surface area contributed by atoms with Gasteiger partial charge in [0.25, 0.3) is 0 Å². The van der Waals surface area contributed by atoms with Gasteiger partial charge < -0.3 is 11.6 Å². The van der Waals surface area contributed by atoms with Crippen LogP contribution in [0.5, 0.6) is 0 Å². The average molecular weight is 332 g/mol. The number of hydrogen-bond acceptors (Lipinski definition) is 6. The molecule has 9 heteroatoms. The standard InChI is InChI=1S/C12H8N2O4S2.Na.H/c15-11(16)7-5-13-3-1-9(7)19-20-10-2-4-14-6-8(10)12(17)18;;/h1-6H,(H,15,16)(H,17,18);;/q;+1;-1. The number of aromatic nitrogens is 2. The molecule has 21 heavy (non-hydrogen) atoms. The van der Waals surface area contributed by atoms with Gasteiger partial charge in [-0.1, -0.05) is 21.6 Å². The van der Waals surface area contributed by atoms with Gasteiger partial charge in [-0.15, -0.1) is 0 Å². The van der Waals surface area contributed by atoms with Crippen LogP contribution in [0.3, 0.4) is 0 Å². The number of nitrogens with zero attached hydrogens (tertiary/aromatic N) is 2. The Balaban J connectivity index is 0.00000220. The van der Waals surface area contributed by atoms with E-state index in [1.54, 1.807) is 12.1 Å². The van der Waals surface area contributed by atoms with Crippen LogP contribution in [-0.4, -0.2) is 32.1 Å². The summed E-state index contributed by atoms with van der Waals surface area (Å²) in [5, 5.41) is 18.1. The fourth-order valence-corrected chi connectivity index (χ4v) is 3.60. The molecule has 104 valence electrons. The van der Waals surface area contributed by atoms with Gasteiger partial charge in [0.15, 0.2) is 0 Å². The Hall–Kier alpha value is -1.06. The molecule has 0 aliphatic heterocycles. The Morgan fingerprint density at radius 1 is 0.905 bits per heavy atom. The van der Waals surface area contributed by atoms with Gasteiger partial charge in [0.2, 0.25) is 0 Å². The van der Waals surface area contributed by atoms with Gasteiger partial charge in [0.05, 0.1) is 11.1 Å². The molecule has 0 bridgehead atoms. The molecule has 2 aromatic heterocycles. The van der Waals surface area contributed by atoms with Gasteiger partial charge in [0.1, 0.15) is 0 Å². The monoisotopic (exact) mass is 332 g/mol. The first-order valence-electron chi connectivity index (χ1n) is 5.28. The van der Waals surface area contributed by atoms with Crippen LogP contribution in [-0.2, 0) is 0 Å². The molecule has 0 aromatic carbocycles. The van der Waals surface area contributed by atoms with E-state index in [1.807, 2.05) is 0 Å². The van der Waals surface area contributed by atoms with Crippen molar-refractivity contribution in [3.05, 3.63) is 48.0 Å². The van der Waals surface area contributed by atoms with E-state index in [4.69, 9.17) is 10.2 Å². The van der Waals surface area contributed by atoms with Gasteiger partial charge in [-0.25, -0.2) is 9.59 Å². The predicted octanol–water partition coefficient (Wildman–Crippen LogP) is -0.211. The van der Waals surface area contributed by atoms with Crippen LogP contribution in [0, 0.1) is 0 Å². The van der Waals surface area contributed by atoms with E-state index in [0.717, 1.165) is 21.6 Å². The summed E-state index contributed by atoms with van der Waals surface area (Å²) in [5.41, 5.74) is 0.159. The van der Waals surface area contributed by atoms with Crippen LogP contribution in [0.1, 0.15) is 22.1 Å². The Bertz CT molecular complexity index is 618. The fourth-order valence-electron chi connectivity index (χ4n) is 1.32. The van der Waals surface area contributed by atoms with Crippen molar-refractivity contribution in [1.29, 1.82) is 0 Å². The zero-order chi connectivity index (χ0) is 14.5. The van der Waals surface area contributed by atoms with Crippen LogP contribution >= 0.6 is 21.6 Å². The average Bonchev–Trinajstić information content (AvgIpc) is 2.45. The number of carboxylic acids is 2. The summed E-state index contributed by atoms with van der Waals surface area (Å²) in [6.07, 6.45) is 5.49. The van der Waals surface area contributed by atoms with Gasteiger partial charge in [-0.2, -0.15) is 0 Å². The summed E-state index contributed by atoms with van der Waals surface area (Å²) in [4.78, 5) is 30.6. The zero-order valence-corrected chi connectivity index (χ0v) is 14.5. The quantitative estimate of drug-likeness (QED) is 0.573. The third kappa shape index (κ3) is 4.72. The van der Waals surface area contributed by atoms with E-state index in [1.165, 1.54) is 24.8 Å². The third-order valence-electron chi connectivity index (χ3n) is 2.24. The van der Waals surface area contributed by atoms with Crippen molar-refractivity contribution in [3.63, 3.8) is 0 Å². The van der Waals surface area contributed by atoms with Crippen molar-refractivity contribution in [2.75, 3.05) is 0 Å².